The lowest BCUT2D eigenvalue weighted by molar-refractivity contribution is -0.117. The molecule has 0 aliphatic carbocycles. The molecule has 3 N–H and O–H groups in total. The number of hydrogen-bond acceptors (Lipinski definition) is 4. The molecule has 1 saturated heterocycles. The van der Waals surface area contributed by atoms with Crippen molar-refractivity contribution in [2.75, 3.05) is 38.6 Å². The van der Waals surface area contributed by atoms with Gasteiger partial charge in [0.2, 0.25) is 5.91 Å². The molecule has 0 spiro atoms. The molecule has 1 atom stereocenters. The summed E-state index contributed by atoms with van der Waals surface area (Å²) in [5, 5.41) is 2.90. The maximum absolute atomic E-state index is 12.1. The van der Waals surface area contributed by atoms with E-state index in [2.05, 4.69) is 10.2 Å². The van der Waals surface area contributed by atoms with Crippen LogP contribution in [0.15, 0.2) is 24.3 Å². The van der Waals surface area contributed by atoms with Gasteiger partial charge in [-0.25, -0.2) is 0 Å². The normalized spacial score (nSPS) is 19.0. The number of ether oxygens (including phenoxy) is 1. The van der Waals surface area contributed by atoms with Crippen LogP contribution in [0.25, 0.3) is 0 Å². The number of benzene rings is 1. The fourth-order valence-corrected chi connectivity index (χ4v) is 2.67. The minimum absolute atomic E-state index is 0.00268. The van der Waals surface area contributed by atoms with Crippen molar-refractivity contribution in [1.29, 1.82) is 0 Å². The van der Waals surface area contributed by atoms with Crippen LogP contribution in [0.4, 0.5) is 5.69 Å². The van der Waals surface area contributed by atoms with Gasteiger partial charge in [-0.1, -0.05) is 12.1 Å². The Kier molecular flexibility index (Phi) is 5.38. The molecule has 0 aromatic heterocycles. The summed E-state index contributed by atoms with van der Waals surface area (Å²) in [5.74, 6) is 1.32. The summed E-state index contributed by atoms with van der Waals surface area (Å²) in [7, 11) is 1.60. The number of nitrogens with zero attached hydrogens (tertiary/aromatic N) is 1. The Morgan fingerprint density at radius 2 is 2.30 bits per heavy atom. The van der Waals surface area contributed by atoms with Crippen molar-refractivity contribution in [3.05, 3.63) is 24.3 Å². The first-order valence-corrected chi connectivity index (χ1v) is 7.08. The molecule has 0 radical (unpaired) electrons. The van der Waals surface area contributed by atoms with Gasteiger partial charge in [0, 0.05) is 6.54 Å². The van der Waals surface area contributed by atoms with Gasteiger partial charge in [0.25, 0.3) is 0 Å². The fourth-order valence-electron chi connectivity index (χ4n) is 2.67. The SMILES string of the molecule is COc1ccccc1NC(=O)CN1CCC(CCN)C1. The Morgan fingerprint density at radius 3 is 3.05 bits per heavy atom. The van der Waals surface area contributed by atoms with Crippen LogP contribution in [0.2, 0.25) is 0 Å². The van der Waals surface area contributed by atoms with Crippen molar-refractivity contribution < 1.29 is 9.53 Å². The topological polar surface area (TPSA) is 67.6 Å². The van der Waals surface area contributed by atoms with Crippen LogP contribution in [-0.4, -0.2) is 44.1 Å². The molecule has 1 heterocycles. The van der Waals surface area contributed by atoms with Crippen LogP contribution in [0.5, 0.6) is 5.75 Å². The number of likely N-dealkylation sites (tertiary alicyclic amines) is 1. The number of carbonyl (C=O) groups excluding carboxylic acids is 1. The first-order chi connectivity index (χ1) is 9.72. The third kappa shape index (κ3) is 3.95. The molecule has 0 bridgehead atoms. The number of para-hydroxylation sites is 2. The maximum atomic E-state index is 12.1. The first-order valence-electron chi connectivity index (χ1n) is 7.08. The predicted molar refractivity (Wildman–Crippen MR) is 79.8 cm³/mol. The minimum atomic E-state index is 0.00268. The molecule has 5 heteroatoms. The summed E-state index contributed by atoms with van der Waals surface area (Å²) < 4.78 is 5.22. The van der Waals surface area contributed by atoms with E-state index in [1.807, 2.05) is 24.3 Å². The molecule has 1 unspecified atom stereocenters. The number of hydrogen-bond donors (Lipinski definition) is 2. The van der Waals surface area contributed by atoms with E-state index in [4.69, 9.17) is 10.5 Å². The Bertz CT molecular complexity index is 450. The van der Waals surface area contributed by atoms with Crippen molar-refractivity contribution in [1.82, 2.24) is 4.90 Å². The van der Waals surface area contributed by atoms with Gasteiger partial charge in [-0.05, 0) is 44.0 Å². The highest BCUT2D eigenvalue weighted by Crippen LogP contribution is 2.23. The third-order valence-electron chi connectivity index (χ3n) is 3.69. The molecule has 1 aliphatic heterocycles. The van der Waals surface area contributed by atoms with Crippen molar-refractivity contribution >= 4 is 11.6 Å². The summed E-state index contributed by atoms with van der Waals surface area (Å²) in [6, 6.07) is 7.44. The number of amides is 1. The summed E-state index contributed by atoms with van der Waals surface area (Å²) in [5.41, 5.74) is 6.30. The zero-order valence-electron chi connectivity index (χ0n) is 12.0. The Balaban J connectivity index is 1.84. The van der Waals surface area contributed by atoms with E-state index >= 15 is 0 Å². The van der Waals surface area contributed by atoms with E-state index in [-0.39, 0.29) is 5.91 Å². The molecule has 20 heavy (non-hydrogen) atoms. The molecule has 1 aromatic carbocycles. The van der Waals surface area contributed by atoms with E-state index in [9.17, 15) is 4.79 Å². The standard InChI is InChI=1S/C15H23N3O2/c1-20-14-5-3-2-4-13(14)17-15(19)11-18-9-7-12(10-18)6-8-16/h2-5,12H,6-11,16H2,1H3,(H,17,19). The lowest BCUT2D eigenvalue weighted by Gasteiger charge is -2.16. The fraction of sp³-hybridized carbons (Fsp3) is 0.533. The summed E-state index contributed by atoms with van der Waals surface area (Å²) in [4.78, 5) is 14.3. The lowest BCUT2D eigenvalue weighted by Crippen LogP contribution is -2.31. The zero-order chi connectivity index (χ0) is 14.4. The van der Waals surface area contributed by atoms with Crippen LogP contribution in [0, 0.1) is 5.92 Å². The number of nitrogens with one attached hydrogen (secondary N) is 1. The lowest BCUT2D eigenvalue weighted by atomic mass is 10.1. The second-order valence-electron chi connectivity index (χ2n) is 5.22. The summed E-state index contributed by atoms with van der Waals surface area (Å²) >= 11 is 0. The van der Waals surface area contributed by atoms with Crippen molar-refractivity contribution in [2.45, 2.75) is 12.8 Å². The average molecular weight is 277 g/mol. The highest BCUT2D eigenvalue weighted by molar-refractivity contribution is 5.93. The number of rotatable bonds is 6. The molecule has 0 saturated carbocycles. The Morgan fingerprint density at radius 1 is 1.50 bits per heavy atom. The second-order valence-corrected chi connectivity index (χ2v) is 5.22. The first kappa shape index (κ1) is 14.8. The molecule has 110 valence electrons. The molecule has 1 aliphatic rings. The summed E-state index contributed by atoms with van der Waals surface area (Å²) in [6.07, 6.45) is 2.18. The van der Waals surface area contributed by atoms with Crippen molar-refractivity contribution in [3.8, 4) is 5.75 Å². The molecule has 1 aromatic rings. The van der Waals surface area contributed by atoms with E-state index in [1.165, 1.54) is 0 Å². The van der Waals surface area contributed by atoms with Gasteiger partial charge in [-0.2, -0.15) is 0 Å². The quantitative estimate of drug-likeness (QED) is 0.822. The number of methoxy groups -OCH3 is 1. The molecule has 1 amide bonds. The third-order valence-corrected chi connectivity index (χ3v) is 3.69. The smallest absolute Gasteiger partial charge is 0.238 e. The van der Waals surface area contributed by atoms with Gasteiger partial charge >= 0.3 is 0 Å². The van der Waals surface area contributed by atoms with Gasteiger partial charge in [0.05, 0.1) is 19.3 Å². The monoisotopic (exact) mass is 277 g/mol. The van der Waals surface area contributed by atoms with Crippen LogP contribution in [0.3, 0.4) is 0 Å². The minimum Gasteiger partial charge on any atom is -0.495 e. The van der Waals surface area contributed by atoms with Crippen molar-refractivity contribution in [3.63, 3.8) is 0 Å². The summed E-state index contributed by atoms with van der Waals surface area (Å²) in [6.45, 7) is 3.10. The number of carbonyl (C=O) groups is 1. The molecular weight excluding hydrogens is 254 g/mol. The van der Waals surface area contributed by atoms with Crippen LogP contribution >= 0.6 is 0 Å². The average Bonchev–Trinajstić information content (AvgIpc) is 2.87. The largest absolute Gasteiger partial charge is 0.495 e. The van der Waals surface area contributed by atoms with E-state index in [1.54, 1.807) is 7.11 Å². The highest BCUT2D eigenvalue weighted by Gasteiger charge is 2.23. The predicted octanol–water partition coefficient (Wildman–Crippen LogP) is 1.30. The van der Waals surface area contributed by atoms with Gasteiger partial charge in [0.1, 0.15) is 5.75 Å². The van der Waals surface area contributed by atoms with Crippen LogP contribution in [-0.2, 0) is 4.79 Å². The van der Waals surface area contributed by atoms with Gasteiger partial charge < -0.3 is 15.8 Å². The molecule has 2 rings (SSSR count). The Labute approximate surface area is 120 Å². The highest BCUT2D eigenvalue weighted by atomic mass is 16.5. The van der Waals surface area contributed by atoms with Gasteiger partial charge in [0.15, 0.2) is 0 Å². The second kappa shape index (κ2) is 7.26. The van der Waals surface area contributed by atoms with Crippen LogP contribution < -0.4 is 15.8 Å². The van der Waals surface area contributed by atoms with Crippen LogP contribution in [0.1, 0.15) is 12.8 Å². The molecular formula is C15H23N3O2. The van der Waals surface area contributed by atoms with Gasteiger partial charge in [-0.15, -0.1) is 0 Å². The van der Waals surface area contributed by atoms with Gasteiger partial charge in [-0.3, -0.25) is 9.69 Å². The number of anilines is 1. The molecule has 5 nitrogen and oxygen atoms in total. The Hall–Kier alpha value is -1.59. The van der Waals surface area contributed by atoms with E-state index in [0.717, 1.165) is 38.2 Å². The maximum Gasteiger partial charge on any atom is 0.238 e. The van der Waals surface area contributed by atoms with E-state index < -0.39 is 0 Å². The zero-order valence-corrected chi connectivity index (χ0v) is 12.0. The number of nitrogens with two attached hydrogens (primary N) is 1. The van der Waals surface area contributed by atoms with E-state index in [0.29, 0.717) is 18.2 Å². The van der Waals surface area contributed by atoms with Crippen molar-refractivity contribution in [2.24, 2.45) is 11.7 Å². The molecule has 1 fully saturated rings.